The quantitative estimate of drug-likeness (QED) is 0.483. The molecule has 0 bridgehead atoms. The Kier molecular flexibility index (Phi) is 7.45. The Morgan fingerprint density at radius 2 is 1.71 bits per heavy atom. The van der Waals surface area contributed by atoms with Crippen molar-refractivity contribution in [1.82, 2.24) is 5.32 Å². The van der Waals surface area contributed by atoms with Gasteiger partial charge in [0.15, 0.2) is 0 Å². The third kappa shape index (κ3) is 5.68. The van der Waals surface area contributed by atoms with E-state index in [4.69, 9.17) is 4.74 Å². The molecule has 0 aromatic heterocycles. The lowest BCUT2D eigenvalue weighted by molar-refractivity contribution is -0.120. The minimum absolute atomic E-state index is 0.126. The molecule has 1 amide bonds. The first-order chi connectivity index (χ1) is 16.8. The van der Waals surface area contributed by atoms with Gasteiger partial charge in [-0.3, -0.25) is 9.10 Å². The Bertz CT molecular complexity index is 1300. The fourth-order valence-electron chi connectivity index (χ4n) is 4.44. The fraction of sp³-hybridized carbons (Fsp3) is 0.321. The first-order valence-corrected chi connectivity index (χ1v) is 13.4. The van der Waals surface area contributed by atoms with Crippen molar-refractivity contribution in [2.75, 3.05) is 18.0 Å². The molecule has 0 spiro atoms. The number of sulfonamides is 1. The number of nitrogens with zero attached hydrogens (tertiary/aromatic N) is 1. The van der Waals surface area contributed by atoms with Crippen LogP contribution in [0.1, 0.15) is 48.1 Å². The predicted molar refractivity (Wildman–Crippen MR) is 138 cm³/mol. The Hall–Kier alpha value is -3.32. The van der Waals surface area contributed by atoms with Crippen LogP contribution in [-0.4, -0.2) is 28.0 Å². The Morgan fingerprint density at radius 1 is 1.00 bits per heavy atom. The Labute approximate surface area is 208 Å². The second-order valence-electron chi connectivity index (χ2n) is 9.05. The summed E-state index contributed by atoms with van der Waals surface area (Å²) in [6, 6.07) is 19.5. The van der Waals surface area contributed by atoms with Gasteiger partial charge in [0, 0.05) is 6.07 Å². The zero-order valence-corrected chi connectivity index (χ0v) is 21.3. The Balaban J connectivity index is 1.59. The SMILES string of the molecule is COc1cccc(N(CC(=O)NC(C)c2ccc3c(c2)CCCC3)S(=O)(=O)c2ccc(C)cc2)c1. The summed E-state index contributed by atoms with van der Waals surface area (Å²) < 4.78 is 33.6. The summed E-state index contributed by atoms with van der Waals surface area (Å²) in [7, 11) is -2.47. The number of nitrogens with one attached hydrogen (secondary N) is 1. The normalized spacial score (nSPS) is 14.0. The lowest BCUT2D eigenvalue weighted by atomic mass is 9.89. The molecule has 0 fully saturated rings. The number of rotatable bonds is 8. The molecule has 1 unspecified atom stereocenters. The molecular formula is C28H32N2O4S. The summed E-state index contributed by atoms with van der Waals surface area (Å²) >= 11 is 0. The van der Waals surface area contributed by atoms with Crippen molar-refractivity contribution < 1.29 is 17.9 Å². The summed E-state index contributed by atoms with van der Waals surface area (Å²) in [6.07, 6.45) is 4.56. The monoisotopic (exact) mass is 492 g/mol. The van der Waals surface area contributed by atoms with Crippen LogP contribution in [0.5, 0.6) is 5.75 Å². The highest BCUT2D eigenvalue weighted by Crippen LogP contribution is 2.28. The van der Waals surface area contributed by atoms with E-state index in [0.29, 0.717) is 11.4 Å². The van der Waals surface area contributed by atoms with Crippen LogP contribution < -0.4 is 14.4 Å². The van der Waals surface area contributed by atoms with E-state index in [1.807, 2.05) is 13.8 Å². The van der Waals surface area contributed by atoms with Gasteiger partial charge in [0.1, 0.15) is 12.3 Å². The van der Waals surface area contributed by atoms with Crippen LogP contribution in [0.4, 0.5) is 5.69 Å². The maximum absolute atomic E-state index is 13.6. The molecule has 3 aromatic rings. The molecule has 0 aliphatic heterocycles. The third-order valence-electron chi connectivity index (χ3n) is 6.49. The van der Waals surface area contributed by atoms with E-state index in [1.165, 1.54) is 31.1 Å². The number of methoxy groups -OCH3 is 1. The molecule has 7 heteroatoms. The van der Waals surface area contributed by atoms with Gasteiger partial charge in [-0.1, -0.05) is 42.0 Å². The van der Waals surface area contributed by atoms with E-state index in [1.54, 1.807) is 48.5 Å². The number of hydrogen-bond acceptors (Lipinski definition) is 4. The number of amides is 1. The second kappa shape index (κ2) is 10.5. The summed E-state index contributed by atoms with van der Waals surface area (Å²) in [5.74, 6) is 0.128. The molecule has 4 rings (SSSR count). The summed E-state index contributed by atoms with van der Waals surface area (Å²) in [5, 5.41) is 2.99. The zero-order chi connectivity index (χ0) is 25.0. The van der Waals surface area contributed by atoms with Crippen LogP contribution in [0.25, 0.3) is 0 Å². The summed E-state index contributed by atoms with van der Waals surface area (Å²) in [6.45, 7) is 3.47. The number of carbonyl (C=O) groups is 1. The van der Waals surface area contributed by atoms with Crippen LogP contribution in [0.15, 0.2) is 71.6 Å². The first kappa shape index (κ1) is 24.8. The molecule has 184 valence electrons. The molecular weight excluding hydrogens is 460 g/mol. The Morgan fingerprint density at radius 3 is 2.43 bits per heavy atom. The molecule has 1 atom stereocenters. The van der Waals surface area contributed by atoms with E-state index in [2.05, 4.69) is 23.5 Å². The maximum Gasteiger partial charge on any atom is 0.264 e. The lowest BCUT2D eigenvalue weighted by Gasteiger charge is -2.26. The van der Waals surface area contributed by atoms with E-state index in [9.17, 15) is 13.2 Å². The number of aryl methyl sites for hydroxylation is 3. The van der Waals surface area contributed by atoms with Crippen LogP contribution in [0.2, 0.25) is 0 Å². The molecule has 1 aliphatic carbocycles. The molecule has 6 nitrogen and oxygen atoms in total. The van der Waals surface area contributed by atoms with E-state index in [0.717, 1.165) is 28.3 Å². The van der Waals surface area contributed by atoms with Crippen molar-refractivity contribution in [3.8, 4) is 5.75 Å². The zero-order valence-electron chi connectivity index (χ0n) is 20.5. The van der Waals surface area contributed by atoms with E-state index in [-0.39, 0.29) is 23.4 Å². The molecule has 1 aliphatic rings. The predicted octanol–water partition coefficient (Wildman–Crippen LogP) is 4.96. The van der Waals surface area contributed by atoms with Gasteiger partial charge in [-0.25, -0.2) is 8.42 Å². The van der Waals surface area contributed by atoms with Crippen LogP contribution >= 0.6 is 0 Å². The number of fused-ring (bicyclic) bond motifs is 1. The molecule has 0 heterocycles. The molecule has 3 aromatic carbocycles. The molecule has 0 saturated carbocycles. The molecule has 1 N–H and O–H groups in total. The molecule has 0 saturated heterocycles. The average molecular weight is 493 g/mol. The average Bonchev–Trinajstić information content (AvgIpc) is 2.87. The smallest absolute Gasteiger partial charge is 0.264 e. The van der Waals surface area contributed by atoms with Crippen molar-refractivity contribution in [3.63, 3.8) is 0 Å². The van der Waals surface area contributed by atoms with Crippen LogP contribution in [0.3, 0.4) is 0 Å². The van der Waals surface area contributed by atoms with Gasteiger partial charge in [-0.15, -0.1) is 0 Å². The fourth-order valence-corrected chi connectivity index (χ4v) is 5.85. The highest BCUT2D eigenvalue weighted by Gasteiger charge is 2.28. The van der Waals surface area contributed by atoms with Gasteiger partial charge in [-0.2, -0.15) is 0 Å². The summed E-state index contributed by atoms with van der Waals surface area (Å²) in [4.78, 5) is 13.3. The molecule has 35 heavy (non-hydrogen) atoms. The van der Waals surface area contributed by atoms with Gasteiger partial charge < -0.3 is 10.1 Å². The van der Waals surface area contributed by atoms with Crippen molar-refractivity contribution >= 4 is 21.6 Å². The topological polar surface area (TPSA) is 75.7 Å². The maximum atomic E-state index is 13.6. The van der Waals surface area contributed by atoms with Gasteiger partial charge in [0.05, 0.1) is 23.7 Å². The molecule has 0 radical (unpaired) electrons. The van der Waals surface area contributed by atoms with E-state index < -0.39 is 10.0 Å². The van der Waals surface area contributed by atoms with Gasteiger partial charge in [-0.05, 0) is 80.5 Å². The number of hydrogen-bond donors (Lipinski definition) is 1. The van der Waals surface area contributed by atoms with Crippen LogP contribution in [-0.2, 0) is 27.7 Å². The summed E-state index contributed by atoms with van der Waals surface area (Å²) in [5.41, 5.74) is 5.06. The van der Waals surface area contributed by atoms with Crippen molar-refractivity contribution in [3.05, 3.63) is 89.0 Å². The van der Waals surface area contributed by atoms with Crippen molar-refractivity contribution in [1.29, 1.82) is 0 Å². The van der Waals surface area contributed by atoms with E-state index >= 15 is 0 Å². The minimum Gasteiger partial charge on any atom is -0.497 e. The van der Waals surface area contributed by atoms with Crippen molar-refractivity contribution in [2.24, 2.45) is 0 Å². The van der Waals surface area contributed by atoms with Crippen LogP contribution in [0, 0.1) is 6.92 Å². The van der Waals surface area contributed by atoms with Gasteiger partial charge >= 0.3 is 0 Å². The third-order valence-corrected chi connectivity index (χ3v) is 8.28. The first-order valence-electron chi connectivity index (χ1n) is 11.9. The van der Waals surface area contributed by atoms with Crippen molar-refractivity contribution in [2.45, 2.75) is 50.5 Å². The standard InChI is InChI=1S/C28H32N2O4S/c1-20-11-15-27(16-12-20)35(32,33)30(25-9-6-10-26(18-25)34-3)19-28(31)29-21(2)23-14-13-22-7-4-5-8-24(22)17-23/h6,9-18,21H,4-5,7-8,19H2,1-3H3,(H,29,31). The highest BCUT2D eigenvalue weighted by atomic mass is 32.2. The number of carbonyl (C=O) groups excluding carboxylic acids is 1. The number of anilines is 1. The second-order valence-corrected chi connectivity index (χ2v) is 10.9. The van der Waals surface area contributed by atoms with Gasteiger partial charge in [0.2, 0.25) is 5.91 Å². The largest absolute Gasteiger partial charge is 0.497 e. The number of benzene rings is 3. The number of ether oxygens (including phenoxy) is 1. The minimum atomic E-state index is -3.99. The highest BCUT2D eigenvalue weighted by molar-refractivity contribution is 7.92. The van der Waals surface area contributed by atoms with Gasteiger partial charge in [0.25, 0.3) is 10.0 Å². The lowest BCUT2D eigenvalue weighted by Crippen LogP contribution is -2.41.